The Morgan fingerprint density at radius 3 is 3.10 bits per heavy atom. The molecule has 0 aromatic rings. The van der Waals surface area contributed by atoms with Crippen LogP contribution in [0.1, 0.15) is 6.42 Å². The van der Waals surface area contributed by atoms with Crippen LogP contribution in [0.5, 0.6) is 0 Å². The van der Waals surface area contributed by atoms with E-state index >= 15 is 0 Å². The average Bonchev–Trinajstić information content (AvgIpc) is 2.05. The lowest BCUT2D eigenvalue weighted by molar-refractivity contribution is -0.129. The fourth-order valence-corrected chi connectivity index (χ4v) is 0.923. The highest BCUT2D eigenvalue weighted by atomic mass is 16.2. The van der Waals surface area contributed by atoms with Gasteiger partial charge in [0.2, 0.25) is 5.91 Å². The van der Waals surface area contributed by atoms with Gasteiger partial charge in [-0.2, -0.15) is 0 Å². The van der Waals surface area contributed by atoms with E-state index in [2.05, 4.69) is 6.08 Å². The molecule has 55 valence electrons. The topological polar surface area (TPSA) is 46.3 Å². The molecule has 3 nitrogen and oxygen atoms in total. The molecule has 0 atom stereocenters. The highest BCUT2D eigenvalue weighted by Crippen LogP contribution is 1.98. The summed E-state index contributed by atoms with van der Waals surface area (Å²) in [5.41, 5.74) is 5.18. The van der Waals surface area contributed by atoms with Crippen molar-refractivity contribution in [2.24, 2.45) is 5.73 Å². The zero-order valence-electron chi connectivity index (χ0n) is 5.84. The normalized spacial score (nSPS) is 17.5. The number of hydrogen-bond acceptors (Lipinski definition) is 2. The molecule has 10 heavy (non-hydrogen) atoms. The molecule has 1 amide bonds. The summed E-state index contributed by atoms with van der Waals surface area (Å²) in [5, 5.41) is 0. The van der Waals surface area contributed by atoms with Gasteiger partial charge in [-0.3, -0.25) is 4.79 Å². The molecule has 0 fully saturated rings. The summed E-state index contributed by atoms with van der Waals surface area (Å²) < 4.78 is 0. The van der Waals surface area contributed by atoms with Gasteiger partial charge in [-0.05, 0) is 12.5 Å². The SMILES string of the molecule is NCC(=O)N1CC=[C]CC1. The summed E-state index contributed by atoms with van der Waals surface area (Å²) >= 11 is 0. The van der Waals surface area contributed by atoms with Crippen molar-refractivity contribution < 1.29 is 4.79 Å². The molecular formula is C7H11N2O. The summed E-state index contributed by atoms with van der Waals surface area (Å²) in [6.07, 6.45) is 5.75. The second kappa shape index (κ2) is 3.37. The first-order valence-electron chi connectivity index (χ1n) is 3.37. The summed E-state index contributed by atoms with van der Waals surface area (Å²) in [7, 11) is 0. The molecule has 0 bridgehead atoms. The molecule has 0 aromatic carbocycles. The third-order valence-corrected chi connectivity index (χ3v) is 1.51. The standard InChI is InChI=1S/C7H11N2O/c8-6-7(10)9-4-2-1-3-5-9/h2H,3-6,8H2. The van der Waals surface area contributed by atoms with Crippen LogP contribution in [0.2, 0.25) is 0 Å². The van der Waals surface area contributed by atoms with Crippen LogP contribution in [0, 0.1) is 6.08 Å². The molecule has 1 aliphatic rings. The first kappa shape index (κ1) is 7.28. The van der Waals surface area contributed by atoms with Crippen LogP contribution >= 0.6 is 0 Å². The number of rotatable bonds is 1. The third-order valence-electron chi connectivity index (χ3n) is 1.51. The quantitative estimate of drug-likeness (QED) is 0.534. The van der Waals surface area contributed by atoms with Crippen LogP contribution in [-0.4, -0.2) is 30.4 Å². The van der Waals surface area contributed by atoms with Gasteiger partial charge in [0.15, 0.2) is 0 Å². The van der Waals surface area contributed by atoms with E-state index < -0.39 is 0 Å². The van der Waals surface area contributed by atoms with Gasteiger partial charge in [0.05, 0.1) is 6.54 Å². The van der Waals surface area contributed by atoms with Gasteiger partial charge in [-0.1, -0.05) is 6.08 Å². The van der Waals surface area contributed by atoms with Gasteiger partial charge in [0.25, 0.3) is 0 Å². The van der Waals surface area contributed by atoms with E-state index in [1.54, 1.807) is 4.90 Å². The van der Waals surface area contributed by atoms with Crippen molar-refractivity contribution in [1.82, 2.24) is 4.90 Å². The zero-order valence-corrected chi connectivity index (χ0v) is 5.84. The molecule has 1 radical (unpaired) electrons. The van der Waals surface area contributed by atoms with Crippen molar-refractivity contribution in [3.8, 4) is 0 Å². The average molecular weight is 139 g/mol. The first-order chi connectivity index (χ1) is 4.84. The van der Waals surface area contributed by atoms with Crippen molar-refractivity contribution in [3.05, 3.63) is 12.2 Å². The van der Waals surface area contributed by atoms with Crippen molar-refractivity contribution in [3.63, 3.8) is 0 Å². The molecule has 1 rings (SSSR count). The highest BCUT2D eigenvalue weighted by molar-refractivity contribution is 5.78. The maximum Gasteiger partial charge on any atom is 0.236 e. The minimum atomic E-state index is 0.0257. The lowest BCUT2D eigenvalue weighted by atomic mass is 10.2. The summed E-state index contributed by atoms with van der Waals surface area (Å²) in [6.45, 7) is 1.57. The summed E-state index contributed by atoms with van der Waals surface area (Å²) in [4.78, 5) is 12.7. The Morgan fingerprint density at radius 1 is 1.80 bits per heavy atom. The van der Waals surface area contributed by atoms with Gasteiger partial charge in [0.1, 0.15) is 0 Å². The van der Waals surface area contributed by atoms with Crippen LogP contribution in [-0.2, 0) is 4.79 Å². The molecule has 0 unspecified atom stereocenters. The van der Waals surface area contributed by atoms with E-state index in [-0.39, 0.29) is 12.5 Å². The lowest BCUT2D eigenvalue weighted by Gasteiger charge is -2.21. The number of carbonyl (C=O) groups is 1. The van der Waals surface area contributed by atoms with Gasteiger partial charge < -0.3 is 10.6 Å². The molecule has 0 aromatic heterocycles. The summed E-state index contributed by atoms with van der Waals surface area (Å²) in [6, 6.07) is 0. The van der Waals surface area contributed by atoms with E-state index in [1.165, 1.54) is 0 Å². The lowest BCUT2D eigenvalue weighted by Crippen LogP contribution is -2.38. The fraction of sp³-hybridized carbons (Fsp3) is 0.571. The maximum absolute atomic E-state index is 10.9. The molecule has 1 heterocycles. The summed E-state index contributed by atoms with van der Waals surface area (Å²) in [5.74, 6) is 0.0257. The number of amides is 1. The third kappa shape index (κ3) is 1.57. The monoisotopic (exact) mass is 139 g/mol. The van der Waals surface area contributed by atoms with E-state index in [9.17, 15) is 4.79 Å². The molecule has 0 saturated carbocycles. The van der Waals surface area contributed by atoms with Crippen molar-refractivity contribution in [2.75, 3.05) is 19.6 Å². The second-order valence-corrected chi connectivity index (χ2v) is 2.20. The molecule has 1 aliphatic heterocycles. The van der Waals surface area contributed by atoms with E-state index in [0.717, 1.165) is 13.0 Å². The van der Waals surface area contributed by atoms with E-state index in [4.69, 9.17) is 5.73 Å². The van der Waals surface area contributed by atoms with Crippen LogP contribution in [0.4, 0.5) is 0 Å². The Balaban J connectivity index is 2.41. The van der Waals surface area contributed by atoms with Crippen LogP contribution in [0.25, 0.3) is 0 Å². The molecule has 0 spiro atoms. The van der Waals surface area contributed by atoms with Gasteiger partial charge >= 0.3 is 0 Å². The second-order valence-electron chi connectivity index (χ2n) is 2.20. The molecular weight excluding hydrogens is 128 g/mol. The zero-order chi connectivity index (χ0) is 7.40. The predicted octanol–water partition coefficient (Wildman–Crippen LogP) is -0.463. The Morgan fingerprint density at radius 2 is 2.60 bits per heavy atom. The van der Waals surface area contributed by atoms with Gasteiger partial charge in [-0.15, -0.1) is 0 Å². The van der Waals surface area contributed by atoms with E-state index in [0.29, 0.717) is 6.54 Å². The number of hydrogen-bond donors (Lipinski definition) is 1. The number of nitrogens with two attached hydrogens (primary N) is 1. The highest BCUT2D eigenvalue weighted by Gasteiger charge is 2.10. The molecule has 2 N–H and O–H groups in total. The predicted molar refractivity (Wildman–Crippen MR) is 38.1 cm³/mol. The van der Waals surface area contributed by atoms with Crippen LogP contribution < -0.4 is 5.73 Å². The van der Waals surface area contributed by atoms with Crippen molar-refractivity contribution in [1.29, 1.82) is 0 Å². The first-order valence-corrected chi connectivity index (χ1v) is 3.37. The Hall–Kier alpha value is -0.830. The molecule has 3 heteroatoms. The molecule has 0 aliphatic carbocycles. The fourth-order valence-electron chi connectivity index (χ4n) is 0.923. The Bertz CT molecular complexity index is 154. The van der Waals surface area contributed by atoms with Crippen LogP contribution in [0.15, 0.2) is 6.08 Å². The largest absolute Gasteiger partial charge is 0.338 e. The van der Waals surface area contributed by atoms with Crippen molar-refractivity contribution >= 4 is 5.91 Å². The van der Waals surface area contributed by atoms with Gasteiger partial charge in [0, 0.05) is 13.1 Å². The maximum atomic E-state index is 10.9. The molecule has 0 saturated heterocycles. The van der Waals surface area contributed by atoms with Gasteiger partial charge in [-0.25, -0.2) is 0 Å². The van der Waals surface area contributed by atoms with Crippen molar-refractivity contribution in [2.45, 2.75) is 6.42 Å². The number of carbonyl (C=O) groups excluding carboxylic acids is 1. The van der Waals surface area contributed by atoms with Crippen LogP contribution in [0.3, 0.4) is 0 Å². The van der Waals surface area contributed by atoms with E-state index in [1.807, 2.05) is 6.08 Å². The smallest absolute Gasteiger partial charge is 0.236 e. The number of nitrogens with zero attached hydrogens (tertiary/aromatic N) is 1. The minimum Gasteiger partial charge on any atom is -0.338 e. The minimum absolute atomic E-state index is 0.0257. The Labute approximate surface area is 60.5 Å². The Kier molecular flexibility index (Phi) is 2.45.